The quantitative estimate of drug-likeness (QED) is 0.576. The molecule has 54 valence electrons. The van der Waals surface area contributed by atoms with E-state index in [0.717, 1.165) is 16.9 Å². The normalized spacial score (nSPS) is 9.40. The van der Waals surface area contributed by atoms with Crippen molar-refractivity contribution in [3.63, 3.8) is 0 Å². The molecule has 0 aliphatic heterocycles. The zero-order valence-corrected chi connectivity index (χ0v) is 6.31. The molecule has 0 saturated heterocycles. The van der Waals surface area contributed by atoms with Crippen molar-refractivity contribution in [2.75, 3.05) is 18.1 Å². The van der Waals surface area contributed by atoms with E-state index in [9.17, 15) is 0 Å². The molecule has 0 spiro atoms. The lowest BCUT2D eigenvalue weighted by Crippen LogP contribution is -1.92. The van der Waals surface area contributed by atoms with Crippen LogP contribution in [0, 0.1) is 6.92 Å². The highest BCUT2D eigenvalue weighted by Crippen LogP contribution is 2.15. The number of benzene rings is 1. The first-order chi connectivity index (χ1) is 4.74. The van der Waals surface area contributed by atoms with Crippen molar-refractivity contribution in [1.82, 2.24) is 0 Å². The van der Waals surface area contributed by atoms with E-state index in [1.54, 1.807) is 0 Å². The highest BCUT2D eigenvalue weighted by Gasteiger charge is 1.92. The molecule has 0 aromatic heterocycles. The molecule has 0 aliphatic carbocycles. The molecule has 1 aromatic rings. The topological polar surface area (TPSA) is 38.0 Å². The van der Waals surface area contributed by atoms with Gasteiger partial charge in [0.05, 0.1) is 0 Å². The Morgan fingerprint density at radius 3 is 2.60 bits per heavy atom. The Bertz CT molecular complexity index is 231. The summed E-state index contributed by atoms with van der Waals surface area (Å²) in [5, 5.41) is 3.01. The van der Waals surface area contributed by atoms with E-state index in [4.69, 9.17) is 5.73 Å². The largest absolute Gasteiger partial charge is 0.398 e. The lowest BCUT2D eigenvalue weighted by Gasteiger charge is -2.02. The van der Waals surface area contributed by atoms with E-state index in [0.29, 0.717) is 0 Å². The van der Waals surface area contributed by atoms with Gasteiger partial charge in [-0.25, -0.2) is 0 Å². The summed E-state index contributed by atoms with van der Waals surface area (Å²) in [6.45, 7) is 1.99. The summed E-state index contributed by atoms with van der Waals surface area (Å²) in [5.41, 5.74) is 8.68. The summed E-state index contributed by atoms with van der Waals surface area (Å²) in [5.74, 6) is 0. The molecular formula is C8H12N2. The summed E-state index contributed by atoms with van der Waals surface area (Å²) < 4.78 is 0. The Labute approximate surface area is 61.1 Å². The van der Waals surface area contributed by atoms with Crippen molar-refractivity contribution in [2.24, 2.45) is 0 Å². The Kier molecular flexibility index (Phi) is 1.81. The Balaban J connectivity index is 3.04. The van der Waals surface area contributed by atoms with Gasteiger partial charge in [0.2, 0.25) is 0 Å². The zero-order chi connectivity index (χ0) is 7.56. The smallest absolute Gasteiger partial charge is 0.0364 e. The fourth-order valence-corrected chi connectivity index (χ4v) is 0.796. The SMILES string of the molecule is CNc1ccc(C)c(N)c1. The Morgan fingerprint density at radius 2 is 2.10 bits per heavy atom. The maximum atomic E-state index is 5.66. The van der Waals surface area contributed by atoms with Crippen LogP contribution in [0.3, 0.4) is 0 Å². The summed E-state index contributed by atoms with van der Waals surface area (Å²) in [4.78, 5) is 0. The highest BCUT2D eigenvalue weighted by molar-refractivity contribution is 5.57. The van der Waals surface area contributed by atoms with E-state index in [-0.39, 0.29) is 0 Å². The zero-order valence-electron chi connectivity index (χ0n) is 6.31. The molecule has 0 fully saturated rings. The number of aryl methyl sites for hydroxylation is 1. The van der Waals surface area contributed by atoms with Gasteiger partial charge in [-0.2, -0.15) is 0 Å². The van der Waals surface area contributed by atoms with Crippen LogP contribution in [-0.2, 0) is 0 Å². The van der Waals surface area contributed by atoms with Crippen molar-refractivity contribution >= 4 is 11.4 Å². The van der Waals surface area contributed by atoms with Crippen molar-refractivity contribution < 1.29 is 0 Å². The Morgan fingerprint density at radius 1 is 1.40 bits per heavy atom. The van der Waals surface area contributed by atoms with Gasteiger partial charge in [-0.05, 0) is 24.6 Å². The second-order valence-electron chi connectivity index (χ2n) is 2.32. The molecule has 0 heterocycles. The molecular weight excluding hydrogens is 124 g/mol. The van der Waals surface area contributed by atoms with Crippen LogP contribution in [0.4, 0.5) is 11.4 Å². The molecule has 10 heavy (non-hydrogen) atoms. The van der Waals surface area contributed by atoms with Crippen LogP contribution in [0.15, 0.2) is 18.2 Å². The maximum absolute atomic E-state index is 5.66. The number of nitrogens with two attached hydrogens (primary N) is 1. The highest BCUT2D eigenvalue weighted by atomic mass is 14.8. The standard InChI is InChI=1S/C8H12N2/c1-6-3-4-7(10-2)5-8(6)9/h3-5,10H,9H2,1-2H3. The third-order valence-corrected chi connectivity index (χ3v) is 1.57. The lowest BCUT2D eigenvalue weighted by atomic mass is 10.2. The van der Waals surface area contributed by atoms with Gasteiger partial charge in [-0.15, -0.1) is 0 Å². The van der Waals surface area contributed by atoms with Gasteiger partial charge in [0.1, 0.15) is 0 Å². The molecule has 0 unspecified atom stereocenters. The van der Waals surface area contributed by atoms with Crippen LogP contribution in [-0.4, -0.2) is 7.05 Å². The fraction of sp³-hybridized carbons (Fsp3) is 0.250. The molecule has 0 saturated carbocycles. The first-order valence-electron chi connectivity index (χ1n) is 3.28. The monoisotopic (exact) mass is 136 g/mol. The van der Waals surface area contributed by atoms with Crippen molar-refractivity contribution in [1.29, 1.82) is 0 Å². The van der Waals surface area contributed by atoms with Gasteiger partial charge in [-0.1, -0.05) is 6.07 Å². The van der Waals surface area contributed by atoms with Gasteiger partial charge in [0, 0.05) is 18.4 Å². The molecule has 2 heteroatoms. The molecule has 0 aliphatic rings. The summed E-state index contributed by atoms with van der Waals surface area (Å²) in [6, 6.07) is 5.93. The van der Waals surface area contributed by atoms with Gasteiger partial charge in [-0.3, -0.25) is 0 Å². The van der Waals surface area contributed by atoms with E-state index in [2.05, 4.69) is 5.32 Å². The van der Waals surface area contributed by atoms with E-state index < -0.39 is 0 Å². The number of nitrogens with one attached hydrogen (secondary N) is 1. The molecule has 1 aromatic carbocycles. The number of anilines is 2. The number of hydrogen-bond donors (Lipinski definition) is 2. The van der Waals surface area contributed by atoms with Crippen LogP contribution in [0.1, 0.15) is 5.56 Å². The lowest BCUT2D eigenvalue weighted by molar-refractivity contribution is 1.44. The molecule has 0 bridgehead atoms. The average Bonchev–Trinajstić information content (AvgIpc) is 1.95. The molecule has 0 amide bonds. The first kappa shape index (κ1) is 6.93. The van der Waals surface area contributed by atoms with Gasteiger partial charge in [0.15, 0.2) is 0 Å². The second kappa shape index (κ2) is 2.60. The van der Waals surface area contributed by atoms with E-state index in [1.165, 1.54) is 0 Å². The minimum Gasteiger partial charge on any atom is -0.398 e. The third-order valence-electron chi connectivity index (χ3n) is 1.57. The Hall–Kier alpha value is -1.18. The summed E-state index contributed by atoms with van der Waals surface area (Å²) >= 11 is 0. The van der Waals surface area contributed by atoms with Gasteiger partial charge >= 0.3 is 0 Å². The fourth-order valence-electron chi connectivity index (χ4n) is 0.796. The van der Waals surface area contributed by atoms with Crippen molar-refractivity contribution in [3.8, 4) is 0 Å². The predicted molar refractivity (Wildman–Crippen MR) is 45.1 cm³/mol. The van der Waals surface area contributed by atoms with Crippen LogP contribution in [0.5, 0.6) is 0 Å². The minimum atomic E-state index is 0.840. The first-order valence-corrected chi connectivity index (χ1v) is 3.28. The maximum Gasteiger partial charge on any atom is 0.0364 e. The summed E-state index contributed by atoms with van der Waals surface area (Å²) in [6.07, 6.45) is 0. The minimum absolute atomic E-state index is 0.840. The van der Waals surface area contributed by atoms with Crippen LogP contribution in [0.25, 0.3) is 0 Å². The van der Waals surface area contributed by atoms with Crippen molar-refractivity contribution in [3.05, 3.63) is 23.8 Å². The predicted octanol–water partition coefficient (Wildman–Crippen LogP) is 1.62. The molecule has 3 N–H and O–H groups in total. The van der Waals surface area contributed by atoms with Gasteiger partial charge in [0.25, 0.3) is 0 Å². The average molecular weight is 136 g/mol. The van der Waals surface area contributed by atoms with E-state index >= 15 is 0 Å². The van der Waals surface area contributed by atoms with Crippen LogP contribution < -0.4 is 11.1 Å². The number of hydrogen-bond acceptors (Lipinski definition) is 2. The second-order valence-corrected chi connectivity index (χ2v) is 2.32. The van der Waals surface area contributed by atoms with Crippen LogP contribution in [0.2, 0.25) is 0 Å². The third kappa shape index (κ3) is 1.21. The van der Waals surface area contributed by atoms with Crippen LogP contribution >= 0.6 is 0 Å². The van der Waals surface area contributed by atoms with E-state index in [1.807, 2.05) is 32.2 Å². The number of rotatable bonds is 1. The number of nitrogen functional groups attached to an aromatic ring is 1. The van der Waals surface area contributed by atoms with Gasteiger partial charge < -0.3 is 11.1 Å². The molecule has 1 rings (SSSR count). The van der Waals surface area contributed by atoms with Crippen molar-refractivity contribution in [2.45, 2.75) is 6.92 Å². The molecule has 0 radical (unpaired) electrons. The molecule has 2 nitrogen and oxygen atoms in total. The summed E-state index contributed by atoms with van der Waals surface area (Å²) in [7, 11) is 1.88. The molecule has 0 atom stereocenters.